The summed E-state index contributed by atoms with van der Waals surface area (Å²) >= 11 is 0. The lowest BCUT2D eigenvalue weighted by atomic mass is 10.3. The first-order valence-electron chi connectivity index (χ1n) is 2.85. The molecule has 2 N–H and O–H groups in total. The lowest BCUT2D eigenvalue weighted by molar-refractivity contribution is 0.593. The van der Waals surface area contributed by atoms with Crippen LogP contribution in [0.4, 0.5) is 0 Å². The van der Waals surface area contributed by atoms with Crippen molar-refractivity contribution in [2.75, 3.05) is 12.0 Å². The number of hydrogen-bond donors (Lipinski definition) is 1. The van der Waals surface area contributed by atoms with E-state index in [1.165, 1.54) is 6.26 Å². The van der Waals surface area contributed by atoms with E-state index in [2.05, 4.69) is 0 Å². The van der Waals surface area contributed by atoms with Gasteiger partial charge in [-0.25, -0.2) is 8.42 Å². The molecule has 0 fully saturated rings. The quantitative estimate of drug-likeness (QED) is 0.606. The highest BCUT2D eigenvalue weighted by Gasteiger charge is 2.02. The van der Waals surface area contributed by atoms with Crippen molar-refractivity contribution in [3.63, 3.8) is 0 Å². The Kier molecular flexibility index (Phi) is 3.14. The molecule has 0 aliphatic heterocycles. The predicted octanol–water partition coefficient (Wildman–Crippen LogP) is -0.232. The van der Waals surface area contributed by atoms with Crippen LogP contribution < -0.4 is 5.73 Å². The number of sulfone groups is 1. The van der Waals surface area contributed by atoms with Gasteiger partial charge in [-0.2, -0.15) is 0 Å². The summed E-state index contributed by atoms with van der Waals surface area (Å²) in [5.74, 6) is 0.199. The molecule has 0 aromatic carbocycles. The van der Waals surface area contributed by atoms with E-state index in [-0.39, 0.29) is 11.8 Å². The van der Waals surface area contributed by atoms with Gasteiger partial charge in [0.1, 0.15) is 9.84 Å². The third kappa shape index (κ3) is 7.91. The highest BCUT2D eigenvalue weighted by molar-refractivity contribution is 7.90. The van der Waals surface area contributed by atoms with Crippen molar-refractivity contribution in [2.45, 2.75) is 19.4 Å². The molecule has 0 amide bonds. The normalized spacial score (nSPS) is 15.4. The largest absolute Gasteiger partial charge is 0.328 e. The molecule has 0 spiro atoms. The van der Waals surface area contributed by atoms with Gasteiger partial charge in [0.05, 0.1) is 5.75 Å². The van der Waals surface area contributed by atoms with Gasteiger partial charge in [-0.05, 0) is 13.3 Å². The van der Waals surface area contributed by atoms with Crippen molar-refractivity contribution >= 4 is 9.84 Å². The fraction of sp³-hybridized carbons (Fsp3) is 1.00. The highest BCUT2D eigenvalue weighted by atomic mass is 32.2. The van der Waals surface area contributed by atoms with Gasteiger partial charge < -0.3 is 5.73 Å². The van der Waals surface area contributed by atoms with E-state index < -0.39 is 9.84 Å². The van der Waals surface area contributed by atoms with Crippen LogP contribution in [0.15, 0.2) is 0 Å². The molecule has 9 heavy (non-hydrogen) atoms. The molecule has 0 saturated heterocycles. The minimum Gasteiger partial charge on any atom is -0.328 e. The fourth-order valence-electron chi connectivity index (χ4n) is 0.400. The van der Waals surface area contributed by atoms with E-state index in [4.69, 9.17) is 5.73 Å². The molecule has 0 aromatic heterocycles. The van der Waals surface area contributed by atoms with Gasteiger partial charge in [0.25, 0.3) is 0 Å². The molecule has 56 valence electrons. The Morgan fingerprint density at radius 1 is 1.56 bits per heavy atom. The van der Waals surface area contributed by atoms with Gasteiger partial charge in [-0.15, -0.1) is 0 Å². The van der Waals surface area contributed by atoms with Crippen molar-refractivity contribution in [1.82, 2.24) is 0 Å². The van der Waals surface area contributed by atoms with Crippen molar-refractivity contribution in [2.24, 2.45) is 5.73 Å². The van der Waals surface area contributed by atoms with E-state index in [0.717, 1.165) is 0 Å². The highest BCUT2D eigenvalue weighted by Crippen LogP contribution is 1.91. The van der Waals surface area contributed by atoms with Crippen molar-refractivity contribution in [1.29, 1.82) is 0 Å². The number of nitrogens with two attached hydrogens (primary N) is 1. The second-order valence-corrected chi connectivity index (χ2v) is 4.66. The van der Waals surface area contributed by atoms with Crippen LogP contribution in [0, 0.1) is 0 Å². The first-order chi connectivity index (χ1) is 3.92. The molecular weight excluding hydrogens is 138 g/mol. The van der Waals surface area contributed by atoms with Crippen LogP contribution >= 0.6 is 0 Å². The van der Waals surface area contributed by atoms with Crippen LogP contribution in [-0.4, -0.2) is 26.5 Å². The van der Waals surface area contributed by atoms with Crippen LogP contribution in [0.3, 0.4) is 0 Å². The summed E-state index contributed by atoms with van der Waals surface area (Å²) in [6, 6.07) is -0.0141. The van der Waals surface area contributed by atoms with Crippen molar-refractivity contribution in [3.8, 4) is 0 Å². The van der Waals surface area contributed by atoms with Gasteiger partial charge in [0.2, 0.25) is 0 Å². The second kappa shape index (κ2) is 3.17. The van der Waals surface area contributed by atoms with E-state index in [9.17, 15) is 8.42 Å². The van der Waals surface area contributed by atoms with E-state index in [1.54, 1.807) is 6.92 Å². The average Bonchev–Trinajstić information content (AvgIpc) is 1.59. The fourth-order valence-corrected chi connectivity index (χ4v) is 1.20. The Morgan fingerprint density at radius 2 is 2.00 bits per heavy atom. The third-order valence-corrected chi connectivity index (χ3v) is 1.92. The van der Waals surface area contributed by atoms with Crippen LogP contribution in [0.1, 0.15) is 13.3 Å². The monoisotopic (exact) mass is 151 g/mol. The molecule has 0 bridgehead atoms. The third-order valence-electron chi connectivity index (χ3n) is 0.944. The van der Waals surface area contributed by atoms with Crippen molar-refractivity contribution in [3.05, 3.63) is 0 Å². The Labute approximate surface area is 56.2 Å². The molecule has 0 rings (SSSR count). The summed E-state index contributed by atoms with van der Waals surface area (Å²) in [4.78, 5) is 0. The molecule has 1 unspecified atom stereocenters. The average molecular weight is 151 g/mol. The smallest absolute Gasteiger partial charge is 0.147 e. The molecule has 0 aliphatic rings. The van der Waals surface area contributed by atoms with Crippen molar-refractivity contribution < 1.29 is 8.42 Å². The minimum atomic E-state index is -2.80. The topological polar surface area (TPSA) is 60.2 Å². The standard InChI is InChI=1S/C5H13NO2S/c1-5(6)3-4-9(2,7)8/h5H,3-4,6H2,1-2H3. The Morgan fingerprint density at radius 3 is 2.11 bits per heavy atom. The maximum Gasteiger partial charge on any atom is 0.147 e. The van der Waals surface area contributed by atoms with E-state index in [0.29, 0.717) is 6.42 Å². The van der Waals surface area contributed by atoms with Crippen LogP contribution in [0.5, 0.6) is 0 Å². The van der Waals surface area contributed by atoms with Gasteiger partial charge >= 0.3 is 0 Å². The van der Waals surface area contributed by atoms with Crippen LogP contribution in [0.25, 0.3) is 0 Å². The molecule has 3 nitrogen and oxygen atoms in total. The maximum atomic E-state index is 10.5. The van der Waals surface area contributed by atoms with E-state index in [1.807, 2.05) is 0 Å². The molecule has 0 aliphatic carbocycles. The number of hydrogen-bond acceptors (Lipinski definition) is 3. The summed E-state index contributed by atoms with van der Waals surface area (Å²) in [6.45, 7) is 1.80. The summed E-state index contributed by atoms with van der Waals surface area (Å²) in [5, 5.41) is 0. The number of rotatable bonds is 3. The first kappa shape index (κ1) is 8.91. The molecular formula is C5H13NO2S. The summed E-state index contributed by atoms with van der Waals surface area (Å²) < 4.78 is 21.0. The SMILES string of the molecule is CC(N)CCS(C)(=O)=O. The first-order valence-corrected chi connectivity index (χ1v) is 4.91. The zero-order valence-corrected chi connectivity index (χ0v) is 6.61. The lowest BCUT2D eigenvalue weighted by Gasteiger charge is -2.00. The van der Waals surface area contributed by atoms with E-state index >= 15 is 0 Å². The summed E-state index contributed by atoms with van der Waals surface area (Å²) in [5.41, 5.74) is 5.34. The van der Waals surface area contributed by atoms with Gasteiger partial charge in [0, 0.05) is 12.3 Å². The Balaban J connectivity index is 3.53. The molecule has 4 heteroatoms. The van der Waals surface area contributed by atoms with Gasteiger partial charge in [-0.1, -0.05) is 0 Å². The summed E-state index contributed by atoms with van der Waals surface area (Å²) in [6.07, 6.45) is 1.77. The minimum absolute atomic E-state index is 0.0141. The van der Waals surface area contributed by atoms with Crippen LogP contribution in [0.2, 0.25) is 0 Å². The maximum absolute atomic E-state index is 10.5. The Hall–Kier alpha value is -0.0900. The zero-order valence-electron chi connectivity index (χ0n) is 5.79. The van der Waals surface area contributed by atoms with Gasteiger partial charge in [0.15, 0.2) is 0 Å². The zero-order chi connectivity index (χ0) is 7.49. The lowest BCUT2D eigenvalue weighted by Crippen LogP contribution is -2.19. The Bertz CT molecular complexity index is 160. The predicted molar refractivity (Wildman–Crippen MR) is 38.0 cm³/mol. The molecule has 1 atom stereocenters. The molecule has 0 aromatic rings. The van der Waals surface area contributed by atoms with Gasteiger partial charge in [-0.3, -0.25) is 0 Å². The summed E-state index contributed by atoms with van der Waals surface area (Å²) in [7, 11) is -2.80. The molecule has 0 radical (unpaired) electrons. The molecule has 0 saturated carbocycles. The molecule has 0 heterocycles. The second-order valence-electron chi connectivity index (χ2n) is 2.40. The van der Waals surface area contributed by atoms with Crippen LogP contribution in [-0.2, 0) is 9.84 Å².